The highest BCUT2D eigenvalue weighted by Gasteiger charge is 2.36. The summed E-state index contributed by atoms with van der Waals surface area (Å²) in [5.41, 5.74) is 11.4. The fourth-order valence-corrected chi connectivity index (χ4v) is 4.90. The summed E-state index contributed by atoms with van der Waals surface area (Å²) in [6.07, 6.45) is 6.29. The second-order valence-corrected chi connectivity index (χ2v) is 8.96. The van der Waals surface area contributed by atoms with E-state index in [9.17, 15) is 5.11 Å². The van der Waals surface area contributed by atoms with E-state index in [1.54, 1.807) is 7.11 Å². The Morgan fingerprint density at radius 3 is 2.66 bits per heavy atom. The lowest BCUT2D eigenvalue weighted by atomic mass is 9.82. The van der Waals surface area contributed by atoms with Crippen LogP contribution in [0.1, 0.15) is 53.9 Å². The predicted molar refractivity (Wildman–Crippen MR) is 115 cm³/mol. The molecule has 3 atom stereocenters. The van der Waals surface area contributed by atoms with Crippen LogP contribution in [0.2, 0.25) is 0 Å². The monoisotopic (exact) mass is 395 g/mol. The number of aliphatic hydroxyl groups excluding tert-OH is 1. The van der Waals surface area contributed by atoms with Crippen molar-refractivity contribution in [2.24, 2.45) is 11.7 Å². The van der Waals surface area contributed by atoms with Crippen LogP contribution >= 0.6 is 0 Å². The summed E-state index contributed by atoms with van der Waals surface area (Å²) in [6, 6.07) is 15.1. The van der Waals surface area contributed by atoms with Gasteiger partial charge in [-0.25, -0.2) is 0 Å². The Balaban J connectivity index is 1.30. The largest absolute Gasteiger partial charge is 0.497 e. The van der Waals surface area contributed by atoms with Crippen LogP contribution in [-0.4, -0.2) is 31.0 Å². The van der Waals surface area contributed by atoms with Crippen molar-refractivity contribution in [1.29, 1.82) is 0 Å². The molecule has 0 aliphatic heterocycles. The van der Waals surface area contributed by atoms with Crippen molar-refractivity contribution in [3.8, 4) is 5.75 Å². The number of ether oxygens (including phenoxy) is 2. The molecule has 4 heteroatoms. The lowest BCUT2D eigenvalue weighted by Gasteiger charge is -2.26. The highest BCUT2D eigenvalue weighted by Crippen LogP contribution is 2.40. The molecule has 2 aliphatic rings. The Bertz CT molecular complexity index is 819. The lowest BCUT2D eigenvalue weighted by Crippen LogP contribution is -2.40. The third kappa shape index (κ3) is 4.82. The number of fused-ring (bicyclic) bond motifs is 1. The van der Waals surface area contributed by atoms with E-state index in [1.165, 1.54) is 28.7 Å². The summed E-state index contributed by atoms with van der Waals surface area (Å²) in [6.45, 7) is 1.55. The molecule has 0 bridgehead atoms. The molecule has 29 heavy (non-hydrogen) atoms. The molecule has 0 heterocycles. The van der Waals surface area contributed by atoms with E-state index in [0.717, 1.165) is 44.5 Å². The summed E-state index contributed by atoms with van der Waals surface area (Å²) < 4.78 is 11.2. The third-order valence-electron chi connectivity index (χ3n) is 6.77. The smallest absolute Gasteiger partial charge is 0.118 e. The summed E-state index contributed by atoms with van der Waals surface area (Å²) in [5.74, 6) is 1.95. The first-order valence-electron chi connectivity index (χ1n) is 10.8. The average Bonchev–Trinajstić information content (AvgIpc) is 3.16. The van der Waals surface area contributed by atoms with Gasteiger partial charge in [0.05, 0.1) is 26.9 Å². The van der Waals surface area contributed by atoms with E-state index in [2.05, 4.69) is 30.3 Å². The lowest BCUT2D eigenvalue weighted by molar-refractivity contribution is 0.0823. The van der Waals surface area contributed by atoms with Gasteiger partial charge in [0.2, 0.25) is 0 Å². The Kier molecular flexibility index (Phi) is 6.23. The van der Waals surface area contributed by atoms with Gasteiger partial charge in [0.1, 0.15) is 5.75 Å². The molecular formula is C25H33NO3. The zero-order chi connectivity index (χ0) is 20.3. The number of methoxy groups -OCH3 is 1. The van der Waals surface area contributed by atoms with Gasteiger partial charge in [-0.3, -0.25) is 0 Å². The Labute approximate surface area is 174 Å². The van der Waals surface area contributed by atoms with Gasteiger partial charge >= 0.3 is 0 Å². The number of hydrogen-bond acceptors (Lipinski definition) is 4. The van der Waals surface area contributed by atoms with Crippen molar-refractivity contribution < 1.29 is 14.6 Å². The van der Waals surface area contributed by atoms with Crippen molar-refractivity contribution in [2.75, 3.05) is 20.3 Å². The van der Waals surface area contributed by atoms with Crippen LogP contribution in [0.15, 0.2) is 42.5 Å². The molecule has 0 amide bonds. The summed E-state index contributed by atoms with van der Waals surface area (Å²) >= 11 is 0. The third-order valence-corrected chi connectivity index (χ3v) is 6.77. The Morgan fingerprint density at radius 2 is 1.93 bits per heavy atom. The molecule has 2 aliphatic carbocycles. The van der Waals surface area contributed by atoms with E-state index < -0.39 is 0 Å². The van der Waals surface area contributed by atoms with Gasteiger partial charge in [0.25, 0.3) is 0 Å². The van der Waals surface area contributed by atoms with Crippen molar-refractivity contribution in [1.82, 2.24) is 0 Å². The topological polar surface area (TPSA) is 64.7 Å². The first-order chi connectivity index (χ1) is 14.1. The molecule has 156 valence electrons. The normalized spacial score (nSPS) is 26.3. The Morgan fingerprint density at radius 1 is 1.10 bits per heavy atom. The van der Waals surface area contributed by atoms with Crippen LogP contribution in [0, 0.1) is 5.92 Å². The van der Waals surface area contributed by atoms with Crippen LogP contribution in [0.3, 0.4) is 0 Å². The zero-order valence-corrected chi connectivity index (χ0v) is 17.4. The second kappa shape index (κ2) is 8.86. The van der Waals surface area contributed by atoms with Gasteiger partial charge in [-0.1, -0.05) is 30.3 Å². The van der Waals surface area contributed by atoms with E-state index in [-0.39, 0.29) is 12.1 Å². The maximum atomic E-state index is 9.54. The van der Waals surface area contributed by atoms with Crippen molar-refractivity contribution in [2.45, 2.75) is 56.6 Å². The van der Waals surface area contributed by atoms with E-state index in [1.807, 2.05) is 12.1 Å². The van der Waals surface area contributed by atoms with Crippen LogP contribution in [-0.2, 0) is 24.2 Å². The van der Waals surface area contributed by atoms with Gasteiger partial charge < -0.3 is 20.3 Å². The molecule has 4 rings (SSSR count). The van der Waals surface area contributed by atoms with Crippen LogP contribution in [0.5, 0.6) is 5.75 Å². The molecular weight excluding hydrogens is 362 g/mol. The maximum absolute atomic E-state index is 9.54. The molecule has 0 aromatic heterocycles. The zero-order valence-electron chi connectivity index (χ0n) is 17.4. The second-order valence-electron chi connectivity index (χ2n) is 8.96. The summed E-state index contributed by atoms with van der Waals surface area (Å²) in [4.78, 5) is 0. The molecule has 3 N–H and O–H groups in total. The number of benzene rings is 2. The van der Waals surface area contributed by atoms with Gasteiger partial charge in [0, 0.05) is 5.54 Å². The molecule has 2 aromatic rings. The highest BCUT2D eigenvalue weighted by atomic mass is 16.5. The summed E-state index contributed by atoms with van der Waals surface area (Å²) in [7, 11) is 1.68. The first-order valence-corrected chi connectivity index (χ1v) is 10.8. The number of aryl methyl sites for hydroxylation is 1. The molecule has 0 saturated heterocycles. The summed E-state index contributed by atoms with van der Waals surface area (Å²) in [5, 5.41) is 9.54. The molecule has 0 spiro atoms. The van der Waals surface area contributed by atoms with Crippen molar-refractivity contribution in [3.05, 3.63) is 64.7 Å². The van der Waals surface area contributed by atoms with Gasteiger partial charge in [0.15, 0.2) is 0 Å². The Hall–Kier alpha value is -1.88. The number of nitrogens with two attached hydrogens (primary N) is 1. The SMILES string of the molecule is COc1ccc(COC[C@@H]2CCc3cc([C@H]4CC[C@](N)(CO)C4)ccc3C2)cc1. The molecule has 1 saturated carbocycles. The van der Waals surface area contributed by atoms with Gasteiger partial charge in [-0.15, -0.1) is 0 Å². The fourth-order valence-electron chi connectivity index (χ4n) is 4.90. The van der Waals surface area contributed by atoms with Gasteiger partial charge in [-0.05, 0) is 84.7 Å². The fraction of sp³-hybridized carbons (Fsp3) is 0.520. The molecule has 0 unspecified atom stereocenters. The van der Waals surface area contributed by atoms with Crippen molar-refractivity contribution >= 4 is 0 Å². The van der Waals surface area contributed by atoms with Crippen LogP contribution in [0.4, 0.5) is 0 Å². The van der Waals surface area contributed by atoms with Crippen LogP contribution < -0.4 is 10.5 Å². The molecule has 0 radical (unpaired) electrons. The van der Waals surface area contributed by atoms with Crippen molar-refractivity contribution in [3.63, 3.8) is 0 Å². The van der Waals surface area contributed by atoms with E-state index >= 15 is 0 Å². The highest BCUT2D eigenvalue weighted by molar-refractivity contribution is 5.36. The number of hydrogen-bond donors (Lipinski definition) is 2. The minimum Gasteiger partial charge on any atom is -0.497 e. The van der Waals surface area contributed by atoms with E-state index in [4.69, 9.17) is 15.2 Å². The molecule has 4 nitrogen and oxygen atoms in total. The van der Waals surface area contributed by atoms with E-state index in [0.29, 0.717) is 18.4 Å². The maximum Gasteiger partial charge on any atom is 0.118 e. The van der Waals surface area contributed by atoms with Gasteiger partial charge in [-0.2, -0.15) is 0 Å². The molecule has 1 fully saturated rings. The minimum absolute atomic E-state index is 0.0899. The number of aliphatic hydroxyl groups is 1. The number of rotatable bonds is 7. The first kappa shape index (κ1) is 20.4. The minimum atomic E-state index is -0.382. The standard InChI is InChI=1S/C25H33NO3/c1-28-24-8-3-18(4-9-24)15-29-16-19-2-5-21-13-22(7-6-20(21)12-19)23-10-11-25(26,14-23)17-27/h3-4,6-9,13,19,23,27H,2,5,10-12,14-17,26H2,1H3/t19-,23+,25-/m1/s1. The quantitative estimate of drug-likeness (QED) is 0.744. The predicted octanol–water partition coefficient (Wildman–Crippen LogP) is 3.97. The molecule has 2 aromatic carbocycles. The van der Waals surface area contributed by atoms with Crippen LogP contribution in [0.25, 0.3) is 0 Å². The average molecular weight is 396 g/mol.